The molecule has 2 aromatic carbocycles. The Morgan fingerprint density at radius 3 is 2.64 bits per heavy atom. The maximum Gasteiger partial charge on any atom is 0.324 e. The summed E-state index contributed by atoms with van der Waals surface area (Å²) in [5.74, 6) is -0.575. The number of nitrogens with zero attached hydrogens (tertiary/aromatic N) is 6. The molecule has 11 heteroatoms. The molecular weight excluding hydrogens is 500 g/mol. The molecule has 1 fully saturated rings. The SMILES string of the molecule is O=C1/C(=C\c2ccc(Cl)cc2)N=C(SC/C([O-])=N\c2c[n+](N3CCCCC3)no2)N1c1ccccc1. The van der Waals surface area contributed by atoms with Crippen molar-refractivity contribution in [2.75, 3.05) is 28.8 Å². The number of benzene rings is 2. The predicted octanol–water partition coefficient (Wildman–Crippen LogP) is 3.30. The Labute approximate surface area is 217 Å². The van der Waals surface area contributed by atoms with E-state index in [0.717, 1.165) is 43.3 Å². The van der Waals surface area contributed by atoms with Crippen LogP contribution in [0.15, 0.2) is 81.0 Å². The number of hydrogen-bond acceptors (Lipinski definition) is 8. The number of halogens is 1. The van der Waals surface area contributed by atoms with Gasteiger partial charge in [-0.15, -0.1) is 0 Å². The molecule has 3 heterocycles. The zero-order chi connectivity index (χ0) is 24.9. The quantitative estimate of drug-likeness (QED) is 0.213. The lowest BCUT2D eigenvalue weighted by Gasteiger charge is -2.18. The minimum atomic E-state index is -0.416. The highest BCUT2D eigenvalue weighted by molar-refractivity contribution is 8.14. The number of para-hydroxylation sites is 1. The summed E-state index contributed by atoms with van der Waals surface area (Å²) >= 11 is 7.11. The Hall–Kier alpha value is -3.63. The summed E-state index contributed by atoms with van der Waals surface area (Å²) in [6.45, 7) is 1.77. The van der Waals surface area contributed by atoms with Crippen LogP contribution in [0.3, 0.4) is 0 Å². The lowest BCUT2D eigenvalue weighted by molar-refractivity contribution is -0.759. The van der Waals surface area contributed by atoms with Crippen LogP contribution >= 0.6 is 23.4 Å². The molecule has 184 valence electrons. The van der Waals surface area contributed by atoms with Crippen LogP contribution in [0.5, 0.6) is 0 Å². The van der Waals surface area contributed by atoms with Gasteiger partial charge in [-0.25, -0.2) is 9.98 Å². The molecule has 1 amide bonds. The predicted molar refractivity (Wildman–Crippen MR) is 139 cm³/mol. The van der Waals surface area contributed by atoms with Crippen molar-refractivity contribution in [2.24, 2.45) is 9.98 Å². The van der Waals surface area contributed by atoms with Crippen molar-refractivity contribution in [3.63, 3.8) is 0 Å². The Bertz CT molecular complexity index is 1320. The van der Waals surface area contributed by atoms with Crippen molar-refractivity contribution < 1.29 is 19.2 Å². The number of carbonyl (C=O) groups is 1. The molecule has 0 spiro atoms. The van der Waals surface area contributed by atoms with Crippen LogP contribution in [0.2, 0.25) is 5.02 Å². The molecule has 9 nitrogen and oxygen atoms in total. The number of aromatic nitrogens is 2. The molecule has 36 heavy (non-hydrogen) atoms. The van der Waals surface area contributed by atoms with Crippen LogP contribution in [-0.2, 0) is 4.79 Å². The average molecular weight is 523 g/mol. The van der Waals surface area contributed by atoms with Gasteiger partial charge in [-0.3, -0.25) is 14.2 Å². The number of hydrogen-bond donors (Lipinski definition) is 0. The number of thioether (sulfide) groups is 1. The Morgan fingerprint density at radius 2 is 1.89 bits per heavy atom. The Kier molecular flexibility index (Phi) is 7.33. The Morgan fingerprint density at radius 1 is 1.14 bits per heavy atom. The van der Waals surface area contributed by atoms with Gasteiger partial charge in [0.05, 0.1) is 23.6 Å². The number of anilines is 1. The van der Waals surface area contributed by atoms with Crippen molar-refractivity contribution >= 4 is 58.0 Å². The smallest absolute Gasteiger partial charge is 0.324 e. The number of amides is 1. The summed E-state index contributed by atoms with van der Waals surface area (Å²) in [6, 6.07) is 16.3. The van der Waals surface area contributed by atoms with Crippen LogP contribution in [-0.4, -0.2) is 41.1 Å². The third kappa shape index (κ3) is 5.60. The molecule has 0 unspecified atom stereocenters. The van der Waals surface area contributed by atoms with E-state index in [4.69, 9.17) is 16.1 Å². The molecule has 0 aliphatic carbocycles. The van der Waals surface area contributed by atoms with E-state index in [9.17, 15) is 9.90 Å². The van der Waals surface area contributed by atoms with E-state index in [1.165, 1.54) is 11.3 Å². The molecule has 2 aliphatic heterocycles. The van der Waals surface area contributed by atoms with Crippen molar-refractivity contribution in [1.29, 1.82) is 0 Å². The van der Waals surface area contributed by atoms with Gasteiger partial charge in [0.2, 0.25) is 5.27 Å². The lowest BCUT2D eigenvalue weighted by Crippen LogP contribution is -2.60. The summed E-state index contributed by atoms with van der Waals surface area (Å²) in [5.41, 5.74) is 1.73. The highest BCUT2D eigenvalue weighted by atomic mass is 35.5. The first kappa shape index (κ1) is 24.1. The van der Waals surface area contributed by atoms with Crippen molar-refractivity contribution in [1.82, 2.24) is 5.27 Å². The maximum absolute atomic E-state index is 13.2. The molecular formula is C25H23ClN6O3S. The summed E-state index contributed by atoms with van der Waals surface area (Å²) in [7, 11) is 0. The third-order valence-electron chi connectivity index (χ3n) is 5.64. The molecule has 0 N–H and O–H groups in total. The molecule has 5 rings (SSSR count). The van der Waals surface area contributed by atoms with E-state index in [1.54, 1.807) is 29.2 Å². The topological polar surface area (TPSA) is 101 Å². The van der Waals surface area contributed by atoms with Crippen LogP contribution in [0, 0.1) is 0 Å². The van der Waals surface area contributed by atoms with Gasteiger partial charge in [0, 0.05) is 10.8 Å². The molecule has 0 atom stereocenters. The summed E-state index contributed by atoms with van der Waals surface area (Å²) in [6.07, 6.45) is 6.69. The van der Waals surface area contributed by atoms with E-state index in [-0.39, 0.29) is 23.2 Å². The standard InChI is InChI=1S/C25H23ClN6O3S/c26-19-11-9-18(10-12-19)15-21-24(34)32(20-7-3-1-4-8-20)25(27-21)36-17-22(33)28-23-16-31(29-35-23)30-13-5-2-6-14-30/h1,3-4,7-12,15-16H,2,5-6,13-14,17H2/b21-15+. The largest absolute Gasteiger partial charge is 0.861 e. The third-order valence-corrected chi connectivity index (χ3v) is 6.82. The zero-order valence-electron chi connectivity index (χ0n) is 19.3. The van der Waals surface area contributed by atoms with E-state index in [0.29, 0.717) is 15.9 Å². The normalized spacial score (nSPS) is 17.7. The van der Waals surface area contributed by atoms with Gasteiger partial charge < -0.3 is 5.11 Å². The van der Waals surface area contributed by atoms with Crippen molar-refractivity contribution in [2.45, 2.75) is 19.3 Å². The minimum Gasteiger partial charge on any atom is -0.861 e. The van der Waals surface area contributed by atoms with E-state index in [1.807, 2.05) is 42.5 Å². The summed E-state index contributed by atoms with van der Waals surface area (Å²) < 4.78 is 5.22. The van der Waals surface area contributed by atoms with Gasteiger partial charge in [-0.1, -0.05) is 53.7 Å². The summed E-state index contributed by atoms with van der Waals surface area (Å²) in [4.78, 5) is 24.9. The van der Waals surface area contributed by atoms with Gasteiger partial charge in [0.15, 0.2) is 5.17 Å². The van der Waals surface area contributed by atoms with Crippen LogP contribution < -0.4 is 19.8 Å². The molecule has 0 saturated carbocycles. The molecule has 1 aromatic heterocycles. The molecule has 3 aromatic rings. The highest BCUT2D eigenvalue weighted by Crippen LogP contribution is 2.29. The van der Waals surface area contributed by atoms with Gasteiger partial charge in [-0.05, 0) is 61.1 Å². The Balaban J connectivity index is 1.33. The monoisotopic (exact) mass is 522 g/mol. The average Bonchev–Trinajstić information content (AvgIpc) is 3.49. The lowest BCUT2D eigenvalue weighted by atomic mass is 10.2. The first-order valence-corrected chi connectivity index (χ1v) is 12.9. The molecule has 0 radical (unpaired) electrons. The fourth-order valence-corrected chi connectivity index (χ4v) is 4.81. The van der Waals surface area contributed by atoms with Crippen molar-refractivity contribution in [3.05, 3.63) is 77.1 Å². The summed E-state index contributed by atoms with van der Waals surface area (Å²) in [5, 5.41) is 19.6. The number of rotatable bonds is 6. The van der Waals surface area contributed by atoms with Crippen molar-refractivity contribution in [3.8, 4) is 0 Å². The van der Waals surface area contributed by atoms with E-state index >= 15 is 0 Å². The minimum absolute atomic E-state index is 0.0198. The van der Waals surface area contributed by atoms with Gasteiger partial charge in [0.1, 0.15) is 5.70 Å². The second-order valence-corrected chi connectivity index (χ2v) is 9.60. The van der Waals surface area contributed by atoms with E-state index in [2.05, 4.69) is 20.3 Å². The van der Waals surface area contributed by atoms with Crippen LogP contribution in [0.1, 0.15) is 24.8 Å². The fourth-order valence-electron chi connectivity index (χ4n) is 3.89. The van der Waals surface area contributed by atoms with Gasteiger partial charge in [-0.2, -0.15) is 5.01 Å². The van der Waals surface area contributed by atoms with Crippen LogP contribution in [0.25, 0.3) is 6.08 Å². The zero-order valence-corrected chi connectivity index (χ0v) is 20.9. The van der Waals surface area contributed by atoms with Crippen LogP contribution in [0.4, 0.5) is 11.6 Å². The number of aliphatic imine (C=N–C) groups is 2. The second-order valence-electron chi connectivity index (χ2n) is 8.22. The number of piperidine rings is 1. The first-order chi connectivity index (χ1) is 17.6. The van der Waals surface area contributed by atoms with Gasteiger partial charge in [0.25, 0.3) is 12.1 Å². The first-order valence-electron chi connectivity index (χ1n) is 11.5. The van der Waals surface area contributed by atoms with E-state index < -0.39 is 5.90 Å². The maximum atomic E-state index is 13.2. The molecule has 2 aliphatic rings. The highest BCUT2D eigenvalue weighted by Gasteiger charge is 2.32. The number of carbonyl (C=O) groups excluding carboxylic acids is 1. The second kappa shape index (κ2) is 11.0. The fraction of sp³-hybridized carbons (Fsp3) is 0.240. The number of amidine groups is 1. The van der Waals surface area contributed by atoms with Gasteiger partial charge >= 0.3 is 5.88 Å². The molecule has 0 bridgehead atoms. The molecule has 1 saturated heterocycles.